The van der Waals surface area contributed by atoms with Crippen LogP contribution in [0.3, 0.4) is 0 Å². The maximum atomic E-state index is 3.34. The molecule has 1 saturated heterocycles. The summed E-state index contributed by atoms with van der Waals surface area (Å²) in [6.07, 6.45) is 3.96. The number of nitrogens with one attached hydrogen (secondary N) is 1. The van der Waals surface area contributed by atoms with Gasteiger partial charge in [-0.25, -0.2) is 0 Å². The van der Waals surface area contributed by atoms with Gasteiger partial charge in [-0.2, -0.15) is 0 Å². The van der Waals surface area contributed by atoms with Crippen molar-refractivity contribution >= 4 is 0 Å². The van der Waals surface area contributed by atoms with Crippen LogP contribution in [-0.2, 0) is 12.8 Å². The summed E-state index contributed by atoms with van der Waals surface area (Å²) in [5, 5.41) is 3.34. The predicted molar refractivity (Wildman–Crippen MR) is 49.2 cm³/mol. The van der Waals surface area contributed by atoms with Crippen molar-refractivity contribution in [3.63, 3.8) is 0 Å². The van der Waals surface area contributed by atoms with Gasteiger partial charge in [0.05, 0.1) is 0 Å². The van der Waals surface area contributed by atoms with Crippen LogP contribution in [0.1, 0.15) is 29.2 Å². The van der Waals surface area contributed by atoms with Crippen molar-refractivity contribution in [1.29, 1.82) is 0 Å². The highest BCUT2D eigenvalue weighted by atomic mass is 15.1. The lowest BCUT2D eigenvalue weighted by molar-refractivity contribution is 0.911. The first-order valence-corrected chi connectivity index (χ1v) is 4.78. The van der Waals surface area contributed by atoms with Crippen LogP contribution in [0.25, 0.3) is 0 Å². The molecule has 0 spiro atoms. The molecule has 1 fully saturated rings. The quantitative estimate of drug-likeness (QED) is 0.620. The van der Waals surface area contributed by atoms with Gasteiger partial charge in [0.25, 0.3) is 0 Å². The minimum absolute atomic E-state index is 0.677. The average Bonchev–Trinajstić information content (AvgIpc) is 2.84. The standard InChI is InChI=1S/C11H13N/c1-2-8-4-5-10(11-7-12-11)6-9(8)3-1/h4-6,11-12H,1-3,7H2/t11-/m1/s1. The third-order valence-corrected chi connectivity index (χ3v) is 2.93. The third kappa shape index (κ3) is 0.969. The number of fused-ring (bicyclic) bond motifs is 1. The lowest BCUT2D eigenvalue weighted by Gasteiger charge is -2.01. The molecule has 0 unspecified atom stereocenters. The van der Waals surface area contributed by atoms with E-state index in [0.29, 0.717) is 6.04 Å². The molecule has 1 heterocycles. The molecule has 0 amide bonds. The second-order valence-electron chi connectivity index (χ2n) is 3.84. The van der Waals surface area contributed by atoms with Crippen molar-refractivity contribution in [2.75, 3.05) is 6.54 Å². The third-order valence-electron chi connectivity index (χ3n) is 2.93. The van der Waals surface area contributed by atoms with Crippen LogP contribution in [0.2, 0.25) is 0 Å². The largest absolute Gasteiger partial charge is 0.307 e. The van der Waals surface area contributed by atoms with E-state index >= 15 is 0 Å². The Morgan fingerprint density at radius 2 is 2.00 bits per heavy atom. The fraction of sp³-hybridized carbons (Fsp3) is 0.455. The second-order valence-corrected chi connectivity index (χ2v) is 3.84. The highest BCUT2D eigenvalue weighted by Crippen LogP contribution is 2.28. The van der Waals surface area contributed by atoms with Gasteiger partial charge in [-0.1, -0.05) is 18.2 Å². The van der Waals surface area contributed by atoms with E-state index in [1.54, 1.807) is 11.1 Å². The zero-order valence-electron chi connectivity index (χ0n) is 7.14. The first-order valence-electron chi connectivity index (χ1n) is 4.78. The summed E-state index contributed by atoms with van der Waals surface area (Å²) in [5.41, 5.74) is 4.68. The Kier molecular flexibility index (Phi) is 1.30. The summed E-state index contributed by atoms with van der Waals surface area (Å²) in [7, 11) is 0. The molecule has 1 heteroatoms. The van der Waals surface area contributed by atoms with Gasteiger partial charge in [0.2, 0.25) is 0 Å². The lowest BCUT2D eigenvalue weighted by atomic mass is 10.0. The maximum absolute atomic E-state index is 3.34. The fourth-order valence-electron chi connectivity index (χ4n) is 2.10. The van der Waals surface area contributed by atoms with Gasteiger partial charge in [-0.15, -0.1) is 0 Å². The normalized spacial score (nSPS) is 25.5. The van der Waals surface area contributed by atoms with E-state index in [2.05, 4.69) is 23.5 Å². The number of aryl methyl sites for hydroxylation is 2. The molecule has 1 nitrogen and oxygen atoms in total. The van der Waals surface area contributed by atoms with Gasteiger partial charge >= 0.3 is 0 Å². The number of rotatable bonds is 1. The van der Waals surface area contributed by atoms with E-state index in [4.69, 9.17) is 0 Å². The van der Waals surface area contributed by atoms with Gasteiger partial charge in [0.1, 0.15) is 0 Å². The number of hydrogen-bond donors (Lipinski definition) is 1. The zero-order valence-corrected chi connectivity index (χ0v) is 7.14. The van der Waals surface area contributed by atoms with E-state index in [1.807, 2.05) is 0 Å². The fourth-order valence-corrected chi connectivity index (χ4v) is 2.10. The molecular formula is C11H13N. The van der Waals surface area contributed by atoms with E-state index in [1.165, 1.54) is 31.4 Å². The Morgan fingerprint density at radius 1 is 1.17 bits per heavy atom. The molecule has 62 valence electrons. The highest BCUT2D eigenvalue weighted by molar-refractivity contribution is 5.37. The Labute approximate surface area is 72.8 Å². The molecule has 0 radical (unpaired) electrons. The van der Waals surface area contributed by atoms with Crippen LogP contribution in [-0.4, -0.2) is 6.54 Å². The Hall–Kier alpha value is -0.820. The molecule has 1 aliphatic heterocycles. The second kappa shape index (κ2) is 2.33. The van der Waals surface area contributed by atoms with Gasteiger partial charge in [0.15, 0.2) is 0 Å². The van der Waals surface area contributed by atoms with Crippen LogP contribution in [0.5, 0.6) is 0 Å². The topological polar surface area (TPSA) is 21.9 Å². The molecule has 12 heavy (non-hydrogen) atoms. The summed E-state index contributed by atoms with van der Waals surface area (Å²) in [5.74, 6) is 0. The summed E-state index contributed by atoms with van der Waals surface area (Å²) in [6, 6.07) is 7.68. The lowest BCUT2D eigenvalue weighted by Crippen LogP contribution is -1.88. The first-order chi connectivity index (χ1) is 5.93. The predicted octanol–water partition coefficient (Wildman–Crippen LogP) is 1.82. The van der Waals surface area contributed by atoms with Crippen molar-refractivity contribution in [3.05, 3.63) is 34.9 Å². The number of hydrogen-bond acceptors (Lipinski definition) is 1. The monoisotopic (exact) mass is 159 g/mol. The summed E-state index contributed by atoms with van der Waals surface area (Å²) >= 11 is 0. The van der Waals surface area contributed by atoms with Gasteiger partial charge in [0, 0.05) is 12.6 Å². The van der Waals surface area contributed by atoms with Crippen molar-refractivity contribution < 1.29 is 0 Å². The molecule has 2 aliphatic rings. The summed E-state index contributed by atoms with van der Waals surface area (Å²) < 4.78 is 0. The van der Waals surface area contributed by atoms with Crippen molar-refractivity contribution in [3.8, 4) is 0 Å². The van der Waals surface area contributed by atoms with Crippen LogP contribution < -0.4 is 5.32 Å². The number of benzene rings is 1. The average molecular weight is 159 g/mol. The molecule has 0 bridgehead atoms. The van der Waals surface area contributed by atoms with Gasteiger partial charge in [-0.3, -0.25) is 0 Å². The van der Waals surface area contributed by atoms with E-state index < -0.39 is 0 Å². The Bertz CT molecular complexity index is 313. The van der Waals surface area contributed by atoms with Gasteiger partial charge in [-0.05, 0) is 36.0 Å². The molecule has 1 aromatic rings. The SMILES string of the molecule is c1cc2c(cc1[C@H]1CN1)CCC2. The summed E-state index contributed by atoms with van der Waals surface area (Å²) in [6.45, 7) is 1.18. The molecule has 1 aliphatic carbocycles. The minimum Gasteiger partial charge on any atom is -0.307 e. The first kappa shape index (κ1) is 6.67. The van der Waals surface area contributed by atoms with E-state index in [-0.39, 0.29) is 0 Å². The Balaban J connectivity index is 2.03. The zero-order chi connectivity index (χ0) is 7.97. The Morgan fingerprint density at radius 3 is 2.83 bits per heavy atom. The van der Waals surface area contributed by atoms with Crippen LogP contribution in [0.4, 0.5) is 0 Å². The molecule has 1 aromatic carbocycles. The molecular weight excluding hydrogens is 146 g/mol. The molecule has 3 rings (SSSR count). The molecule has 1 atom stereocenters. The highest BCUT2D eigenvalue weighted by Gasteiger charge is 2.23. The van der Waals surface area contributed by atoms with Crippen molar-refractivity contribution in [2.45, 2.75) is 25.3 Å². The van der Waals surface area contributed by atoms with Crippen molar-refractivity contribution in [2.24, 2.45) is 0 Å². The van der Waals surface area contributed by atoms with Crippen molar-refractivity contribution in [1.82, 2.24) is 5.32 Å². The molecule has 0 aromatic heterocycles. The molecule has 0 saturated carbocycles. The van der Waals surface area contributed by atoms with Gasteiger partial charge < -0.3 is 5.32 Å². The van der Waals surface area contributed by atoms with E-state index in [9.17, 15) is 0 Å². The van der Waals surface area contributed by atoms with Crippen LogP contribution in [0.15, 0.2) is 18.2 Å². The molecule has 1 N–H and O–H groups in total. The van der Waals surface area contributed by atoms with Crippen LogP contribution >= 0.6 is 0 Å². The van der Waals surface area contributed by atoms with Crippen LogP contribution in [0, 0.1) is 0 Å². The summed E-state index contributed by atoms with van der Waals surface area (Å²) in [4.78, 5) is 0. The minimum atomic E-state index is 0.677. The van der Waals surface area contributed by atoms with E-state index in [0.717, 1.165) is 0 Å². The smallest absolute Gasteiger partial charge is 0.0447 e. The maximum Gasteiger partial charge on any atom is 0.0447 e.